The molecule has 3 aromatic rings. The van der Waals surface area contributed by atoms with Crippen LogP contribution < -0.4 is 16.4 Å². The van der Waals surface area contributed by atoms with Gasteiger partial charge in [-0.3, -0.25) is 9.59 Å². The molecular weight excluding hydrogens is 382 g/mol. The Hall–Kier alpha value is -3.24. The third kappa shape index (κ3) is 4.53. The average molecular weight is 401 g/mol. The summed E-state index contributed by atoms with van der Waals surface area (Å²) >= 11 is 1.26. The second-order valence-electron chi connectivity index (χ2n) is 5.81. The number of aromatic nitrogens is 2. The van der Waals surface area contributed by atoms with E-state index in [-0.39, 0.29) is 17.1 Å². The van der Waals surface area contributed by atoms with Crippen molar-refractivity contribution >= 4 is 34.0 Å². The highest BCUT2D eigenvalue weighted by atomic mass is 32.1. The van der Waals surface area contributed by atoms with Gasteiger partial charge in [-0.05, 0) is 25.1 Å². The topological polar surface area (TPSA) is 132 Å². The van der Waals surface area contributed by atoms with E-state index in [1.54, 1.807) is 31.5 Å². The molecule has 0 fully saturated rings. The standard InChI is InChI=1S/C18H19N5O4S/c1-10-7-12(15(19)24)18(28-10)23-16(25)13-9-27-17(22-13)11-3-4-20-14(8-11)21-5-6-26-2/h3-4,7-9H,5-6H2,1-2H3,(H2,19,24)(H,20,21)(H,23,25). The molecule has 146 valence electrons. The summed E-state index contributed by atoms with van der Waals surface area (Å²) in [5.41, 5.74) is 6.36. The Kier molecular flexibility index (Phi) is 6.02. The average Bonchev–Trinajstić information content (AvgIpc) is 3.29. The summed E-state index contributed by atoms with van der Waals surface area (Å²) in [5, 5.41) is 6.15. The van der Waals surface area contributed by atoms with E-state index in [4.69, 9.17) is 14.9 Å². The quantitative estimate of drug-likeness (QED) is 0.494. The number of oxazole rings is 1. The van der Waals surface area contributed by atoms with Gasteiger partial charge in [0.05, 0.1) is 12.2 Å². The van der Waals surface area contributed by atoms with E-state index in [9.17, 15) is 9.59 Å². The summed E-state index contributed by atoms with van der Waals surface area (Å²) in [6, 6.07) is 5.12. The molecule has 0 aliphatic heterocycles. The number of ether oxygens (including phenoxy) is 1. The summed E-state index contributed by atoms with van der Waals surface area (Å²) in [4.78, 5) is 33.2. The molecule has 9 nitrogen and oxygen atoms in total. The molecule has 0 radical (unpaired) electrons. The molecule has 0 atom stereocenters. The van der Waals surface area contributed by atoms with Crippen LogP contribution in [0.25, 0.3) is 11.5 Å². The summed E-state index contributed by atoms with van der Waals surface area (Å²) in [6.07, 6.45) is 2.87. The van der Waals surface area contributed by atoms with Crippen molar-refractivity contribution in [3.8, 4) is 11.5 Å². The van der Waals surface area contributed by atoms with E-state index >= 15 is 0 Å². The number of pyridine rings is 1. The number of nitrogens with zero attached hydrogens (tertiary/aromatic N) is 2. The first-order chi connectivity index (χ1) is 13.5. The molecule has 3 aromatic heterocycles. The number of thiophene rings is 1. The van der Waals surface area contributed by atoms with Crippen LogP contribution in [-0.2, 0) is 4.74 Å². The first kappa shape index (κ1) is 19.5. The van der Waals surface area contributed by atoms with Crippen LogP contribution in [-0.4, -0.2) is 42.0 Å². The molecule has 10 heteroatoms. The van der Waals surface area contributed by atoms with Crippen LogP contribution in [0.5, 0.6) is 0 Å². The molecule has 2 amide bonds. The maximum atomic E-state index is 12.5. The maximum absolute atomic E-state index is 12.5. The third-order valence-corrected chi connectivity index (χ3v) is 4.67. The molecule has 0 spiro atoms. The number of nitrogens with two attached hydrogens (primary N) is 1. The number of nitrogens with one attached hydrogen (secondary N) is 2. The van der Waals surface area contributed by atoms with E-state index in [1.165, 1.54) is 17.6 Å². The molecule has 0 bridgehead atoms. The molecule has 0 aliphatic carbocycles. The van der Waals surface area contributed by atoms with Crippen molar-refractivity contribution in [1.29, 1.82) is 0 Å². The van der Waals surface area contributed by atoms with Gasteiger partial charge < -0.3 is 25.5 Å². The highest BCUT2D eigenvalue weighted by Gasteiger charge is 2.18. The number of aryl methyl sites for hydroxylation is 1. The highest BCUT2D eigenvalue weighted by Crippen LogP contribution is 2.28. The van der Waals surface area contributed by atoms with Crippen molar-refractivity contribution in [3.63, 3.8) is 0 Å². The van der Waals surface area contributed by atoms with Gasteiger partial charge in [0, 0.05) is 30.3 Å². The summed E-state index contributed by atoms with van der Waals surface area (Å²) in [6.45, 7) is 2.97. The molecule has 28 heavy (non-hydrogen) atoms. The lowest BCUT2D eigenvalue weighted by atomic mass is 10.2. The van der Waals surface area contributed by atoms with E-state index in [0.717, 1.165) is 4.88 Å². The van der Waals surface area contributed by atoms with Gasteiger partial charge >= 0.3 is 0 Å². The Morgan fingerprint density at radius 2 is 2.18 bits per heavy atom. The van der Waals surface area contributed by atoms with Crippen LogP contribution in [0.2, 0.25) is 0 Å². The van der Waals surface area contributed by atoms with E-state index in [2.05, 4.69) is 20.6 Å². The summed E-state index contributed by atoms with van der Waals surface area (Å²) in [7, 11) is 1.62. The molecule has 0 aliphatic rings. The van der Waals surface area contributed by atoms with Crippen molar-refractivity contribution in [2.75, 3.05) is 30.9 Å². The molecule has 4 N–H and O–H groups in total. The SMILES string of the molecule is COCCNc1cc(-c2nc(C(=O)Nc3sc(C)cc3C(N)=O)co2)ccn1. The van der Waals surface area contributed by atoms with Crippen LogP contribution in [0.4, 0.5) is 10.8 Å². The van der Waals surface area contributed by atoms with E-state index in [1.807, 2.05) is 6.92 Å². The Morgan fingerprint density at radius 1 is 1.36 bits per heavy atom. The van der Waals surface area contributed by atoms with Gasteiger partial charge in [0.25, 0.3) is 11.8 Å². The zero-order valence-electron chi connectivity index (χ0n) is 15.3. The minimum atomic E-state index is -0.606. The predicted molar refractivity (Wildman–Crippen MR) is 106 cm³/mol. The van der Waals surface area contributed by atoms with Gasteiger partial charge in [-0.2, -0.15) is 0 Å². The monoisotopic (exact) mass is 401 g/mol. The lowest BCUT2D eigenvalue weighted by molar-refractivity contribution is 0.100. The molecule has 0 saturated heterocycles. The lowest BCUT2D eigenvalue weighted by Gasteiger charge is -2.05. The number of anilines is 2. The van der Waals surface area contributed by atoms with Gasteiger partial charge in [-0.1, -0.05) is 0 Å². The first-order valence-electron chi connectivity index (χ1n) is 8.34. The Morgan fingerprint density at radius 3 is 2.93 bits per heavy atom. The van der Waals surface area contributed by atoms with Crippen molar-refractivity contribution in [1.82, 2.24) is 9.97 Å². The van der Waals surface area contributed by atoms with Crippen LogP contribution in [0.15, 0.2) is 35.1 Å². The van der Waals surface area contributed by atoms with Crippen LogP contribution in [0, 0.1) is 6.92 Å². The number of amides is 2. The maximum Gasteiger partial charge on any atom is 0.278 e. The fraction of sp³-hybridized carbons (Fsp3) is 0.222. The van der Waals surface area contributed by atoms with Gasteiger partial charge in [0.2, 0.25) is 5.89 Å². The van der Waals surface area contributed by atoms with Crippen molar-refractivity contribution in [3.05, 3.63) is 46.8 Å². The van der Waals surface area contributed by atoms with Crippen molar-refractivity contribution in [2.24, 2.45) is 5.73 Å². The van der Waals surface area contributed by atoms with E-state index in [0.29, 0.717) is 29.5 Å². The zero-order valence-corrected chi connectivity index (χ0v) is 16.1. The highest BCUT2D eigenvalue weighted by molar-refractivity contribution is 7.16. The largest absolute Gasteiger partial charge is 0.444 e. The number of methoxy groups -OCH3 is 1. The second-order valence-corrected chi connectivity index (χ2v) is 7.06. The van der Waals surface area contributed by atoms with Crippen LogP contribution in [0.1, 0.15) is 25.7 Å². The van der Waals surface area contributed by atoms with Crippen molar-refractivity contribution < 1.29 is 18.7 Å². The first-order valence-corrected chi connectivity index (χ1v) is 9.16. The lowest BCUT2D eigenvalue weighted by Crippen LogP contribution is -2.16. The molecule has 3 heterocycles. The minimum absolute atomic E-state index is 0.0853. The fourth-order valence-electron chi connectivity index (χ4n) is 2.41. The molecule has 0 unspecified atom stereocenters. The smallest absolute Gasteiger partial charge is 0.278 e. The number of carbonyl (C=O) groups excluding carboxylic acids is 2. The third-order valence-electron chi connectivity index (χ3n) is 3.70. The number of hydrogen-bond donors (Lipinski definition) is 3. The second kappa shape index (κ2) is 8.63. The van der Waals surface area contributed by atoms with Crippen LogP contribution in [0.3, 0.4) is 0 Å². The molecule has 0 saturated carbocycles. The Labute approximate surface area is 164 Å². The summed E-state index contributed by atoms with van der Waals surface area (Å²) in [5.74, 6) is -0.184. The van der Waals surface area contributed by atoms with Crippen LogP contribution >= 0.6 is 11.3 Å². The number of carbonyl (C=O) groups is 2. The van der Waals surface area contributed by atoms with Crippen molar-refractivity contribution in [2.45, 2.75) is 6.92 Å². The normalized spacial score (nSPS) is 10.6. The van der Waals surface area contributed by atoms with Gasteiger partial charge in [-0.25, -0.2) is 9.97 Å². The molecule has 3 rings (SSSR count). The van der Waals surface area contributed by atoms with Gasteiger partial charge in [0.1, 0.15) is 17.1 Å². The summed E-state index contributed by atoms with van der Waals surface area (Å²) < 4.78 is 10.4. The van der Waals surface area contributed by atoms with Gasteiger partial charge in [-0.15, -0.1) is 11.3 Å². The predicted octanol–water partition coefficient (Wildman–Crippen LogP) is 2.52. The zero-order chi connectivity index (χ0) is 20.1. The number of rotatable bonds is 8. The number of primary amides is 1. The fourth-order valence-corrected chi connectivity index (χ4v) is 3.32. The number of hydrogen-bond acceptors (Lipinski definition) is 8. The Balaban J connectivity index is 1.74. The molecular formula is C18H19N5O4S. The van der Waals surface area contributed by atoms with E-state index < -0.39 is 11.8 Å². The van der Waals surface area contributed by atoms with Gasteiger partial charge in [0.15, 0.2) is 5.69 Å². The Bertz CT molecular complexity index is 998. The minimum Gasteiger partial charge on any atom is -0.444 e. The molecule has 0 aromatic carbocycles.